The standard InChI is InChI=1S/C8H13FN2O/c1-5(2)7(9)8(12)11-6(3)4-10/h5-7H,1-3H3,(H,11,12)/t6-,7?/m0/s1. The van der Waals surface area contributed by atoms with Gasteiger partial charge in [0, 0.05) is 0 Å². The number of nitrogens with zero attached hydrogens (tertiary/aromatic N) is 1. The second-order valence-electron chi connectivity index (χ2n) is 3.01. The molecule has 0 aliphatic rings. The Kier molecular flexibility index (Phi) is 4.27. The molecule has 0 heterocycles. The summed E-state index contributed by atoms with van der Waals surface area (Å²) in [6, 6.07) is 1.16. The highest BCUT2D eigenvalue weighted by atomic mass is 19.1. The van der Waals surface area contributed by atoms with Crippen LogP contribution in [0, 0.1) is 17.2 Å². The molecule has 0 aliphatic carbocycles. The third kappa shape index (κ3) is 3.33. The fraction of sp³-hybridized carbons (Fsp3) is 0.750. The van der Waals surface area contributed by atoms with Gasteiger partial charge in [0.15, 0.2) is 6.17 Å². The lowest BCUT2D eigenvalue weighted by atomic mass is 10.1. The maximum absolute atomic E-state index is 12.9. The average Bonchev–Trinajstić information content (AvgIpc) is 2.02. The molecule has 0 saturated heterocycles. The molecule has 0 aliphatic heterocycles. The van der Waals surface area contributed by atoms with Gasteiger partial charge in [0.05, 0.1) is 6.07 Å². The molecule has 68 valence electrons. The van der Waals surface area contributed by atoms with Crippen LogP contribution in [0.25, 0.3) is 0 Å². The van der Waals surface area contributed by atoms with E-state index in [4.69, 9.17) is 5.26 Å². The summed E-state index contributed by atoms with van der Waals surface area (Å²) < 4.78 is 12.9. The predicted octanol–water partition coefficient (Wildman–Crippen LogP) is 1.01. The van der Waals surface area contributed by atoms with Crippen molar-refractivity contribution in [3.8, 4) is 6.07 Å². The van der Waals surface area contributed by atoms with Crippen LogP contribution in [0.15, 0.2) is 0 Å². The summed E-state index contributed by atoms with van der Waals surface area (Å²) in [6.45, 7) is 4.73. The lowest BCUT2D eigenvalue weighted by Crippen LogP contribution is -2.39. The van der Waals surface area contributed by atoms with Crippen molar-refractivity contribution in [2.45, 2.75) is 33.0 Å². The second kappa shape index (κ2) is 4.70. The second-order valence-corrected chi connectivity index (χ2v) is 3.01. The van der Waals surface area contributed by atoms with E-state index in [9.17, 15) is 9.18 Å². The molecule has 0 aromatic rings. The van der Waals surface area contributed by atoms with Crippen molar-refractivity contribution in [2.75, 3.05) is 0 Å². The molecule has 4 heteroatoms. The molecule has 0 bridgehead atoms. The number of nitriles is 1. The molecule has 0 fully saturated rings. The number of amides is 1. The highest BCUT2D eigenvalue weighted by Gasteiger charge is 2.21. The first-order chi connectivity index (χ1) is 5.49. The first kappa shape index (κ1) is 10.9. The SMILES string of the molecule is CC(C)C(F)C(=O)N[C@@H](C)C#N. The fourth-order valence-corrected chi connectivity index (χ4v) is 0.628. The van der Waals surface area contributed by atoms with E-state index < -0.39 is 18.1 Å². The summed E-state index contributed by atoms with van der Waals surface area (Å²) in [4.78, 5) is 10.9. The van der Waals surface area contributed by atoms with Crippen molar-refractivity contribution in [1.82, 2.24) is 5.32 Å². The molecular weight excluding hydrogens is 159 g/mol. The van der Waals surface area contributed by atoms with Crippen molar-refractivity contribution >= 4 is 5.91 Å². The van der Waals surface area contributed by atoms with Gasteiger partial charge in [-0.3, -0.25) is 4.79 Å². The fourth-order valence-electron chi connectivity index (χ4n) is 0.628. The molecule has 2 atom stereocenters. The van der Waals surface area contributed by atoms with Gasteiger partial charge in [-0.15, -0.1) is 0 Å². The van der Waals surface area contributed by atoms with E-state index in [1.807, 2.05) is 0 Å². The first-order valence-electron chi connectivity index (χ1n) is 3.83. The van der Waals surface area contributed by atoms with Crippen LogP contribution in [0.1, 0.15) is 20.8 Å². The van der Waals surface area contributed by atoms with E-state index in [2.05, 4.69) is 5.32 Å². The van der Waals surface area contributed by atoms with Crippen LogP contribution in [0.5, 0.6) is 0 Å². The van der Waals surface area contributed by atoms with Crippen molar-refractivity contribution in [2.24, 2.45) is 5.92 Å². The van der Waals surface area contributed by atoms with Gasteiger partial charge < -0.3 is 5.32 Å². The monoisotopic (exact) mass is 172 g/mol. The molecule has 0 aromatic carbocycles. The lowest BCUT2D eigenvalue weighted by molar-refractivity contribution is -0.127. The van der Waals surface area contributed by atoms with E-state index in [1.165, 1.54) is 6.92 Å². The van der Waals surface area contributed by atoms with E-state index in [-0.39, 0.29) is 5.92 Å². The number of rotatable bonds is 3. The van der Waals surface area contributed by atoms with Gasteiger partial charge in [-0.2, -0.15) is 5.26 Å². The molecule has 1 amide bonds. The van der Waals surface area contributed by atoms with Crippen molar-refractivity contribution in [3.05, 3.63) is 0 Å². The number of halogens is 1. The van der Waals surface area contributed by atoms with Crippen molar-refractivity contribution in [3.63, 3.8) is 0 Å². The van der Waals surface area contributed by atoms with Gasteiger partial charge >= 0.3 is 0 Å². The Bertz CT molecular complexity index is 198. The van der Waals surface area contributed by atoms with Gasteiger partial charge in [0.1, 0.15) is 6.04 Å². The normalized spacial score (nSPS) is 15.0. The van der Waals surface area contributed by atoms with Gasteiger partial charge in [-0.1, -0.05) is 13.8 Å². The maximum Gasteiger partial charge on any atom is 0.255 e. The molecule has 0 spiro atoms. The van der Waals surface area contributed by atoms with E-state index in [0.717, 1.165) is 0 Å². The number of hydrogen-bond acceptors (Lipinski definition) is 2. The van der Waals surface area contributed by atoms with Crippen LogP contribution in [0.4, 0.5) is 4.39 Å². The number of nitrogens with one attached hydrogen (secondary N) is 1. The average molecular weight is 172 g/mol. The Labute approximate surface area is 71.6 Å². The molecule has 0 radical (unpaired) electrons. The zero-order valence-corrected chi connectivity index (χ0v) is 7.47. The summed E-state index contributed by atoms with van der Waals surface area (Å²) in [5.74, 6) is -1.06. The van der Waals surface area contributed by atoms with Gasteiger partial charge in [0.2, 0.25) is 0 Å². The van der Waals surface area contributed by atoms with Gasteiger partial charge in [0.25, 0.3) is 5.91 Å². The van der Waals surface area contributed by atoms with Crippen molar-refractivity contribution < 1.29 is 9.18 Å². The molecule has 1 N–H and O–H groups in total. The third-order valence-electron chi connectivity index (χ3n) is 1.39. The Morgan fingerprint density at radius 1 is 1.50 bits per heavy atom. The van der Waals surface area contributed by atoms with E-state index >= 15 is 0 Å². The zero-order chi connectivity index (χ0) is 9.72. The summed E-state index contributed by atoms with van der Waals surface area (Å²) in [5, 5.41) is 10.6. The Morgan fingerprint density at radius 2 is 2.00 bits per heavy atom. The van der Waals surface area contributed by atoms with E-state index in [0.29, 0.717) is 0 Å². The molecule has 3 nitrogen and oxygen atoms in total. The smallest absolute Gasteiger partial charge is 0.255 e. The van der Waals surface area contributed by atoms with Crippen LogP contribution in [-0.4, -0.2) is 18.1 Å². The van der Waals surface area contributed by atoms with Gasteiger partial charge in [-0.25, -0.2) is 4.39 Å². The number of alkyl halides is 1. The zero-order valence-electron chi connectivity index (χ0n) is 7.47. The number of carbonyl (C=O) groups excluding carboxylic acids is 1. The molecule has 1 unspecified atom stereocenters. The first-order valence-corrected chi connectivity index (χ1v) is 3.83. The summed E-state index contributed by atoms with van der Waals surface area (Å²) in [6.07, 6.45) is -1.53. The molecule has 12 heavy (non-hydrogen) atoms. The Hall–Kier alpha value is -1.11. The highest BCUT2D eigenvalue weighted by molar-refractivity contribution is 5.81. The van der Waals surface area contributed by atoms with Crippen LogP contribution < -0.4 is 5.32 Å². The molecule has 0 saturated carbocycles. The predicted molar refractivity (Wildman–Crippen MR) is 43.0 cm³/mol. The van der Waals surface area contributed by atoms with Crippen LogP contribution in [-0.2, 0) is 4.79 Å². The quantitative estimate of drug-likeness (QED) is 0.690. The molecule has 0 aromatic heterocycles. The molecule has 0 rings (SSSR count). The minimum atomic E-state index is -1.53. The van der Waals surface area contributed by atoms with E-state index in [1.54, 1.807) is 19.9 Å². The number of hydrogen-bond donors (Lipinski definition) is 1. The third-order valence-corrected chi connectivity index (χ3v) is 1.39. The minimum Gasteiger partial charge on any atom is -0.338 e. The van der Waals surface area contributed by atoms with Gasteiger partial charge in [-0.05, 0) is 12.8 Å². The largest absolute Gasteiger partial charge is 0.338 e. The summed E-state index contributed by atoms with van der Waals surface area (Å²) in [5.41, 5.74) is 0. The lowest BCUT2D eigenvalue weighted by Gasteiger charge is -2.12. The Morgan fingerprint density at radius 3 is 2.33 bits per heavy atom. The summed E-state index contributed by atoms with van der Waals surface area (Å²) in [7, 11) is 0. The number of carbonyl (C=O) groups is 1. The van der Waals surface area contributed by atoms with Crippen LogP contribution >= 0.6 is 0 Å². The van der Waals surface area contributed by atoms with Crippen LogP contribution in [0.3, 0.4) is 0 Å². The van der Waals surface area contributed by atoms with Crippen molar-refractivity contribution in [1.29, 1.82) is 5.26 Å². The highest BCUT2D eigenvalue weighted by Crippen LogP contribution is 2.05. The Balaban J connectivity index is 3.98. The summed E-state index contributed by atoms with van der Waals surface area (Å²) >= 11 is 0. The minimum absolute atomic E-state index is 0.351. The topological polar surface area (TPSA) is 52.9 Å². The molecular formula is C8H13FN2O. The van der Waals surface area contributed by atoms with Crippen LogP contribution in [0.2, 0.25) is 0 Å². The maximum atomic E-state index is 12.9.